The molecule has 0 saturated carbocycles. The molecular formula is C19H24ClN3O4. The minimum atomic E-state index is -1.24. The van der Waals surface area contributed by atoms with Crippen LogP contribution in [0.4, 0.5) is 5.69 Å². The average Bonchev–Trinajstić information content (AvgIpc) is 2.66. The topological polar surface area (TPSA) is 103 Å². The summed E-state index contributed by atoms with van der Waals surface area (Å²) in [6.45, 7) is 1.39. The molecule has 1 atom stereocenters. The van der Waals surface area contributed by atoms with E-state index < -0.39 is 17.4 Å². The normalized spacial score (nSPS) is 12.1. The van der Waals surface area contributed by atoms with Crippen LogP contribution in [0.1, 0.15) is 12.5 Å². The molecule has 2 aromatic rings. The van der Waals surface area contributed by atoms with Gasteiger partial charge in [-0.3, -0.25) is 9.59 Å². The molecule has 2 amide bonds. The Kier molecular flexibility index (Phi) is 8.08. The van der Waals surface area contributed by atoms with E-state index in [-0.39, 0.29) is 19.0 Å². The number of nitrogens with one attached hydrogen (secondary N) is 2. The van der Waals surface area contributed by atoms with Crippen molar-refractivity contribution in [2.24, 2.45) is 5.73 Å². The zero-order valence-electron chi connectivity index (χ0n) is 15.4. The molecule has 146 valence electrons. The molecule has 0 radical (unpaired) electrons. The molecule has 0 aliphatic heterocycles. The molecule has 0 bridgehead atoms. The van der Waals surface area contributed by atoms with Gasteiger partial charge >= 0.3 is 0 Å². The summed E-state index contributed by atoms with van der Waals surface area (Å²) < 4.78 is 10.3. The number of halogens is 1. The lowest BCUT2D eigenvalue weighted by atomic mass is 9.92. The van der Waals surface area contributed by atoms with E-state index in [0.717, 1.165) is 0 Å². The smallest absolute Gasteiger partial charge is 0.244 e. The molecule has 2 rings (SSSR count). The van der Waals surface area contributed by atoms with Gasteiger partial charge < -0.3 is 25.8 Å². The van der Waals surface area contributed by atoms with Gasteiger partial charge in [-0.2, -0.15) is 0 Å². The Bertz CT molecular complexity index is 760. The molecule has 8 heteroatoms. The third-order valence-corrected chi connectivity index (χ3v) is 3.89. The number of benzene rings is 2. The Morgan fingerprint density at radius 3 is 2.11 bits per heavy atom. The number of rotatable bonds is 7. The van der Waals surface area contributed by atoms with Crippen LogP contribution in [-0.2, 0) is 15.1 Å². The highest BCUT2D eigenvalue weighted by Gasteiger charge is 2.30. The van der Waals surface area contributed by atoms with Crippen LogP contribution in [0.3, 0.4) is 0 Å². The lowest BCUT2D eigenvalue weighted by Gasteiger charge is -2.23. The Morgan fingerprint density at radius 1 is 1.04 bits per heavy atom. The average molecular weight is 394 g/mol. The number of anilines is 1. The number of carbonyl (C=O) groups is 2. The van der Waals surface area contributed by atoms with E-state index in [1.54, 1.807) is 49.4 Å². The molecule has 0 aliphatic rings. The van der Waals surface area contributed by atoms with E-state index in [9.17, 15) is 9.59 Å². The van der Waals surface area contributed by atoms with E-state index >= 15 is 0 Å². The van der Waals surface area contributed by atoms with Crippen molar-refractivity contribution in [2.45, 2.75) is 12.5 Å². The first-order valence-electron chi connectivity index (χ1n) is 8.02. The second-order valence-electron chi connectivity index (χ2n) is 5.90. The zero-order chi connectivity index (χ0) is 19.2. The molecule has 7 nitrogen and oxygen atoms in total. The maximum absolute atomic E-state index is 12.4. The zero-order valence-corrected chi connectivity index (χ0v) is 16.3. The van der Waals surface area contributed by atoms with Gasteiger partial charge in [0.15, 0.2) is 0 Å². The summed E-state index contributed by atoms with van der Waals surface area (Å²) in [6.07, 6.45) is 0. The van der Waals surface area contributed by atoms with Crippen LogP contribution < -0.4 is 25.8 Å². The van der Waals surface area contributed by atoms with E-state index in [1.165, 1.54) is 14.2 Å². The van der Waals surface area contributed by atoms with Crippen molar-refractivity contribution in [3.63, 3.8) is 0 Å². The van der Waals surface area contributed by atoms with Gasteiger partial charge in [-0.1, -0.05) is 30.3 Å². The molecule has 0 aromatic heterocycles. The van der Waals surface area contributed by atoms with E-state index in [0.29, 0.717) is 22.7 Å². The second-order valence-corrected chi connectivity index (χ2v) is 5.90. The van der Waals surface area contributed by atoms with Gasteiger partial charge in [0.2, 0.25) is 11.8 Å². The third-order valence-electron chi connectivity index (χ3n) is 3.89. The fourth-order valence-corrected chi connectivity index (χ4v) is 2.34. The fraction of sp³-hybridized carbons (Fsp3) is 0.263. The second kappa shape index (κ2) is 9.80. The minimum absolute atomic E-state index is 0. The number of ether oxygens (including phenoxy) is 2. The maximum atomic E-state index is 12.4. The molecule has 0 saturated heterocycles. The van der Waals surface area contributed by atoms with Crippen LogP contribution in [-0.4, -0.2) is 32.6 Å². The molecule has 0 spiro atoms. The van der Waals surface area contributed by atoms with Gasteiger partial charge in [0.25, 0.3) is 0 Å². The predicted octanol–water partition coefficient (Wildman–Crippen LogP) is 2.05. The van der Waals surface area contributed by atoms with Crippen molar-refractivity contribution in [3.8, 4) is 11.5 Å². The van der Waals surface area contributed by atoms with Crippen molar-refractivity contribution < 1.29 is 19.1 Å². The maximum Gasteiger partial charge on any atom is 0.244 e. The number of hydrogen-bond donors (Lipinski definition) is 3. The van der Waals surface area contributed by atoms with Crippen molar-refractivity contribution in [1.29, 1.82) is 0 Å². The SMILES string of the molecule is COc1cc(NC(=O)CNC(=O)C(C)(N)c2ccccc2)cc(OC)c1.Cl. The summed E-state index contributed by atoms with van der Waals surface area (Å²) in [5.74, 6) is 0.254. The van der Waals surface area contributed by atoms with Crippen molar-refractivity contribution in [3.05, 3.63) is 54.1 Å². The number of hydrogen-bond acceptors (Lipinski definition) is 5. The molecule has 27 heavy (non-hydrogen) atoms. The highest BCUT2D eigenvalue weighted by molar-refractivity contribution is 5.96. The molecule has 0 fully saturated rings. The van der Waals surface area contributed by atoms with E-state index in [2.05, 4.69) is 10.6 Å². The Labute approximate surface area is 164 Å². The molecule has 2 aromatic carbocycles. The van der Waals surface area contributed by atoms with Crippen LogP contribution in [0, 0.1) is 0 Å². The quantitative estimate of drug-likeness (QED) is 0.668. The lowest BCUT2D eigenvalue weighted by molar-refractivity contribution is -0.128. The summed E-state index contributed by atoms with van der Waals surface area (Å²) >= 11 is 0. The fourth-order valence-electron chi connectivity index (χ4n) is 2.34. The molecule has 4 N–H and O–H groups in total. The number of nitrogens with two attached hydrogens (primary N) is 1. The summed E-state index contributed by atoms with van der Waals surface area (Å²) in [6, 6.07) is 14.0. The Balaban J connectivity index is 0.00000364. The standard InChI is InChI=1S/C19H23N3O4.ClH/c1-19(20,13-7-5-4-6-8-13)18(24)21-12-17(23)22-14-9-15(25-2)11-16(10-14)26-3;/h4-11H,12,20H2,1-3H3,(H,21,24)(H,22,23);1H. The molecule has 1 unspecified atom stereocenters. The number of carbonyl (C=O) groups excluding carboxylic acids is 2. The van der Waals surface area contributed by atoms with Crippen LogP contribution in [0.5, 0.6) is 11.5 Å². The van der Waals surface area contributed by atoms with Crippen molar-refractivity contribution >= 4 is 29.9 Å². The Morgan fingerprint density at radius 2 is 1.59 bits per heavy atom. The molecule has 0 heterocycles. The number of methoxy groups -OCH3 is 2. The third kappa shape index (κ3) is 5.87. The van der Waals surface area contributed by atoms with Gasteiger partial charge in [-0.05, 0) is 12.5 Å². The molecule has 0 aliphatic carbocycles. The largest absolute Gasteiger partial charge is 0.497 e. The van der Waals surface area contributed by atoms with Crippen molar-refractivity contribution in [1.82, 2.24) is 5.32 Å². The number of amides is 2. The van der Waals surface area contributed by atoms with Gasteiger partial charge in [0, 0.05) is 23.9 Å². The highest BCUT2D eigenvalue weighted by Crippen LogP contribution is 2.25. The lowest BCUT2D eigenvalue weighted by Crippen LogP contribution is -2.50. The van der Waals surface area contributed by atoms with Crippen LogP contribution >= 0.6 is 12.4 Å². The summed E-state index contributed by atoms with van der Waals surface area (Å²) in [5, 5.41) is 5.24. The predicted molar refractivity (Wildman–Crippen MR) is 106 cm³/mol. The molecular weight excluding hydrogens is 370 g/mol. The monoisotopic (exact) mass is 393 g/mol. The first-order valence-corrected chi connectivity index (χ1v) is 8.02. The van der Waals surface area contributed by atoms with E-state index in [1.807, 2.05) is 6.07 Å². The van der Waals surface area contributed by atoms with Gasteiger partial charge in [0.1, 0.15) is 17.0 Å². The van der Waals surface area contributed by atoms with Crippen LogP contribution in [0.2, 0.25) is 0 Å². The summed E-state index contributed by atoms with van der Waals surface area (Å²) in [7, 11) is 3.04. The highest BCUT2D eigenvalue weighted by atomic mass is 35.5. The van der Waals surface area contributed by atoms with Crippen LogP contribution in [0.25, 0.3) is 0 Å². The Hall–Kier alpha value is -2.77. The first kappa shape index (κ1) is 22.3. The van der Waals surface area contributed by atoms with Gasteiger partial charge in [-0.15, -0.1) is 12.4 Å². The first-order chi connectivity index (χ1) is 12.4. The summed E-state index contributed by atoms with van der Waals surface area (Å²) in [5.41, 5.74) is 6.05. The van der Waals surface area contributed by atoms with Crippen LogP contribution in [0.15, 0.2) is 48.5 Å². The van der Waals surface area contributed by atoms with Gasteiger partial charge in [0.05, 0.1) is 20.8 Å². The summed E-state index contributed by atoms with van der Waals surface area (Å²) in [4.78, 5) is 24.5. The van der Waals surface area contributed by atoms with E-state index in [4.69, 9.17) is 15.2 Å². The van der Waals surface area contributed by atoms with Crippen molar-refractivity contribution in [2.75, 3.05) is 26.1 Å². The van der Waals surface area contributed by atoms with Gasteiger partial charge in [-0.25, -0.2) is 0 Å². The minimum Gasteiger partial charge on any atom is -0.497 e.